The molecule has 6 rings (SSSR count). The van der Waals surface area contributed by atoms with Crippen molar-refractivity contribution in [1.82, 2.24) is 15.1 Å². The number of likely N-dealkylation sites (N-methyl/N-ethyl adjacent to an activating group) is 1. The first-order chi connectivity index (χ1) is 21.9. The van der Waals surface area contributed by atoms with E-state index < -0.39 is 28.6 Å². The molecule has 1 amide bonds. The van der Waals surface area contributed by atoms with Gasteiger partial charge in [-0.15, -0.1) is 0 Å². The van der Waals surface area contributed by atoms with Gasteiger partial charge in [0.05, 0.1) is 25.3 Å². The molecule has 0 saturated carbocycles. The van der Waals surface area contributed by atoms with E-state index in [0.29, 0.717) is 35.8 Å². The predicted molar refractivity (Wildman–Crippen MR) is 171 cm³/mol. The number of fused-ring (bicyclic) bond motifs is 9. The lowest BCUT2D eigenvalue weighted by molar-refractivity contribution is -0.0723. The number of halogens is 3. The summed E-state index contributed by atoms with van der Waals surface area (Å²) >= 11 is 17.4. The molecule has 1 unspecified atom stereocenters. The van der Waals surface area contributed by atoms with Gasteiger partial charge in [-0.2, -0.15) is 5.26 Å². The number of alkyl carbamates (subject to hydrolysis) is 1. The largest absolute Gasteiger partial charge is 0.504 e. The van der Waals surface area contributed by atoms with Gasteiger partial charge in [0, 0.05) is 40.9 Å². The number of methoxy groups -OCH3 is 1. The van der Waals surface area contributed by atoms with Crippen molar-refractivity contribution in [2.45, 2.75) is 60.7 Å². The van der Waals surface area contributed by atoms with E-state index in [1.807, 2.05) is 27.0 Å². The van der Waals surface area contributed by atoms with Gasteiger partial charge in [-0.05, 0) is 44.9 Å². The van der Waals surface area contributed by atoms with E-state index >= 15 is 0 Å². The normalized spacial score (nSPS) is 24.6. The highest BCUT2D eigenvalue weighted by atomic mass is 35.6. The van der Waals surface area contributed by atoms with E-state index in [1.165, 1.54) is 7.11 Å². The zero-order valence-corrected chi connectivity index (χ0v) is 28.1. The van der Waals surface area contributed by atoms with E-state index in [9.17, 15) is 15.2 Å². The number of aromatic hydroxyl groups is 1. The quantitative estimate of drug-likeness (QED) is 0.296. The Morgan fingerprint density at radius 2 is 1.96 bits per heavy atom. The number of nitrogens with one attached hydrogen (secondary N) is 1. The molecular weight excluding hydrogens is 659 g/mol. The number of ether oxygens (including phenoxy) is 5. The number of benzene rings is 2. The first-order valence-electron chi connectivity index (χ1n) is 14.9. The fraction of sp³-hybridized carbons (Fsp3) is 0.500. The number of amides is 1. The van der Waals surface area contributed by atoms with E-state index in [0.717, 1.165) is 33.4 Å². The molecule has 2 aromatic rings. The van der Waals surface area contributed by atoms with Crippen molar-refractivity contribution in [3.8, 4) is 34.8 Å². The number of nitrogens with zero attached hydrogens (tertiary/aromatic N) is 3. The number of rotatable bonds is 7. The maximum Gasteiger partial charge on any atom is 0.407 e. The summed E-state index contributed by atoms with van der Waals surface area (Å²) in [5.41, 5.74) is 4.95. The van der Waals surface area contributed by atoms with Gasteiger partial charge in [-0.1, -0.05) is 53.5 Å². The highest BCUT2D eigenvalue weighted by Gasteiger charge is 2.56. The summed E-state index contributed by atoms with van der Waals surface area (Å²) in [7, 11) is 3.53. The minimum Gasteiger partial charge on any atom is -0.504 e. The molecule has 1 saturated heterocycles. The lowest BCUT2D eigenvalue weighted by atomic mass is 9.71. The van der Waals surface area contributed by atoms with Crippen LogP contribution in [0.2, 0.25) is 0 Å². The van der Waals surface area contributed by atoms with Crippen molar-refractivity contribution in [3.63, 3.8) is 0 Å². The van der Waals surface area contributed by atoms with Gasteiger partial charge in [-0.25, -0.2) is 4.79 Å². The van der Waals surface area contributed by atoms with E-state index in [2.05, 4.69) is 27.8 Å². The predicted octanol–water partition coefficient (Wildman–Crippen LogP) is 5.18. The van der Waals surface area contributed by atoms with Crippen molar-refractivity contribution < 1.29 is 33.6 Å². The summed E-state index contributed by atoms with van der Waals surface area (Å²) in [4.78, 5) is 17.2. The minimum atomic E-state index is -1.78. The number of piperazine rings is 1. The maximum absolute atomic E-state index is 12.9. The first-order valence-corrected chi connectivity index (χ1v) is 16.0. The molecule has 4 heterocycles. The number of phenolic OH excluding ortho intramolecular Hbond substituents is 1. The first kappa shape index (κ1) is 32.7. The number of nitriles is 1. The number of aryl methyl sites for hydroxylation is 1. The lowest BCUT2D eigenvalue weighted by Crippen LogP contribution is -2.68. The highest BCUT2D eigenvalue weighted by Crippen LogP contribution is 2.58. The van der Waals surface area contributed by atoms with Crippen LogP contribution in [0, 0.1) is 25.2 Å². The van der Waals surface area contributed by atoms with Crippen molar-refractivity contribution in [2.75, 3.05) is 40.7 Å². The van der Waals surface area contributed by atoms with Gasteiger partial charge in [-0.3, -0.25) is 9.80 Å². The fourth-order valence-corrected chi connectivity index (χ4v) is 7.91. The molecular formula is C32H35Cl3N4O7. The van der Waals surface area contributed by atoms with Crippen LogP contribution in [0.15, 0.2) is 18.7 Å². The second-order valence-electron chi connectivity index (χ2n) is 11.9. The van der Waals surface area contributed by atoms with E-state index in [1.54, 1.807) is 6.08 Å². The van der Waals surface area contributed by atoms with Crippen LogP contribution in [-0.4, -0.2) is 83.6 Å². The van der Waals surface area contributed by atoms with Crippen LogP contribution in [-0.2, 0) is 17.6 Å². The number of alkyl halides is 3. The number of phenols is 1. The SMILES string of the molecule is C=CCOc1c(C)c2c(c3c1CC1[C@@H]4c5c(cc(C)c(OC)c5O)C[C@@H]([C@H](C#N)N1[C@H]3CNC(=O)OCC(Cl)(Cl)Cl)N4C)OCO2. The van der Waals surface area contributed by atoms with Gasteiger partial charge in [0.25, 0.3) is 0 Å². The zero-order valence-electron chi connectivity index (χ0n) is 25.9. The third-order valence-corrected chi connectivity index (χ3v) is 9.74. The Labute approximate surface area is 282 Å². The Bertz CT molecular complexity index is 1620. The lowest BCUT2D eigenvalue weighted by Gasteiger charge is -2.60. The van der Waals surface area contributed by atoms with Crippen LogP contribution >= 0.6 is 34.8 Å². The molecule has 0 spiro atoms. The van der Waals surface area contributed by atoms with Crippen LogP contribution in [0.3, 0.4) is 0 Å². The third-order valence-electron chi connectivity index (χ3n) is 9.42. The topological polar surface area (TPSA) is 126 Å². The van der Waals surface area contributed by atoms with Crippen LogP contribution in [0.5, 0.6) is 28.7 Å². The van der Waals surface area contributed by atoms with Crippen LogP contribution in [0.4, 0.5) is 4.79 Å². The van der Waals surface area contributed by atoms with Crippen molar-refractivity contribution in [3.05, 3.63) is 52.1 Å². The molecule has 4 aliphatic rings. The van der Waals surface area contributed by atoms with Gasteiger partial charge >= 0.3 is 6.09 Å². The average molecular weight is 694 g/mol. The molecule has 46 heavy (non-hydrogen) atoms. The van der Waals surface area contributed by atoms with Crippen molar-refractivity contribution in [1.29, 1.82) is 5.26 Å². The standard InChI is InChI=1S/C32H35Cl3N4O7/c1-6-7-43-28-16(3)29-30(46-14-45-29)24-18(28)10-20-25-23-17(8-15(2)27(42-5)26(23)40)9-19(38(25)4)21(11-36)39(20)22(24)12-37-31(41)44-13-32(33,34)35/h6,8,19-22,25,40H,1,7,9-10,12-14H2,2-5H3,(H,37,41)/t19-,20?,21-,22-,25+/m0/s1. The molecule has 2 aromatic carbocycles. The summed E-state index contributed by atoms with van der Waals surface area (Å²) < 4.78 is 27.3. The molecule has 246 valence electrons. The van der Waals surface area contributed by atoms with Gasteiger partial charge in [0.15, 0.2) is 23.0 Å². The fourth-order valence-electron chi connectivity index (χ4n) is 7.75. The molecule has 14 heteroatoms. The maximum atomic E-state index is 12.9. The molecule has 1 fully saturated rings. The van der Waals surface area contributed by atoms with Gasteiger partial charge < -0.3 is 34.1 Å². The third kappa shape index (κ3) is 5.34. The van der Waals surface area contributed by atoms with Crippen molar-refractivity contribution >= 4 is 40.9 Å². The average Bonchev–Trinajstić information content (AvgIpc) is 3.49. The van der Waals surface area contributed by atoms with Crippen LogP contribution < -0.4 is 24.3 Å². The monoisotopic (exact) mass is 692 g/mol. The molecule has 2 N–H and O–H groups in total. The molecule has 0 radical (unpaired) electrons. The Morgan fingerprint density at radius 1 is 1.22 bits per heavy atom. The highest BCUT2D eigenvalue weighted by molar-refractivity contribution is 6.67. The second-order valence-corrected chi connectivity index (χ2v) is 14.4. The summed E-state index contributed by atoms with van der Waals surface area (Å²) in [5.74, 6) is 2.22. The Kier molecular flexibility index (Phi) is 8.80. The second kappa shape index (κ2) is 12.4. The molecule has 2 bridgehead atoms. The van der Waals surface area contributed by atoms with Crippen LogP contribution in [0.25, 0.3) is 0 Å². The van der Waals surface area contributed by atoms with Crippen molar-refractivity contribution in [2.24, 2.45) is 0 Å². The number of hydrogen-bond donors (Lipinski definition) is 2. The number of hydrogen-bond acceptors (Lipinski definition) is 10. The molecule has 11 nitrogen and oxygen atoms in total. The van der Waals surface area contributed by atoms with E-state index in [-0.39, 0.29) is 43.8 Å². The summed E-state index contributed by atoms with van der Waals surface area (Å²) in [6.45, 7) is 7.48. The molecule has 0 aromatic heterocycles. The summed E-state index contributed by atoms with van der Waals surface area (Å²) in [5, 5.41) is 25.3. The number of carbonyl (C=O) groups is 1. The van der Waals surface area contributed by atoms with Gasteiger partial charge in [0.2, 0.25) is 10.6 Å². The van der Waals surface area contributed by atoms with Crippen LogP contribution in [0.1, 0.15) is 45.5 Å². The van der Waals surface area contributed by atoms with Gasteiger partial charge in [0.1, 0.15) is 25.0 Å². The molecule has 0 aliphatic carbocycles. The smallest absolute Gasteiger partial charge is 0.407 e. The van der Waals surface area contributed by atoms with E-state index in [4.69, 9.17) is 58.5 Å². The summed E-state index contributed by atoms with van der Waals surface area (Å²) in [6.07, 6.45) is 1.85. The Morgan fingerprint density at radius 3 is 2.63 bits per heavy atom. The number of carbonyl (C=O) groups excluding carboxylic acids is 1. The Balaban J connectivity index is 1.54. The molecule has 4 aliphatic heterocycles. The zero-order chi connectivity index (χ0) is 33.1. The Hall–Kier alpha value is -3.27. The molecule has 5 atom stereocenters. The summed E-state index contributed by atoms with van der Waals surface area (Å²) in [6, 6.07) is 2.53. The minimum absolute atomic E-state index is 0.0124.